The van der Waals surface area contributed by atoms with E-state index < -0.39 is 18.7 Å². The topological polar surface area (TPSA) is 132 Å². The predicted octanol–water partition coefficient (Wildman–Crippen LogP) is 3.19. The Labute approximate surface area is 203 Å². The first-order valence-corrected chi connectivity index (χ1v) is 11.9. The predicted molar refractivity (Wildman–Crippen MR) is 124 cm³/mol. The summed E-state index contributed by atoms with van der Waals surface area (Å²) in [5.74, 6) is 0.355. The molecule has 0 aromatic carbocycles. The fraction of sp³-hybridized carbons (Fsp3) is 0.429. The Kier molecular flexibility index (Phi) is 6.09. The van der Waals surface area contributed by atoms with E-state index in [0.29, 0.717) is 18.0 Å². The molecule has 34 heavy (non-hydrogen) atoms. The molecular formula is C21H23ClF2N8OS. The molecule has 1 fully saturated rings. The molecule has 5 N–H and O–H groups in total. The molecule has 0 amide bonds. The Balaban J connectivity index is 1.42. The van der Waals surface area contributed by atoms with Gasteiger partial charge >= 0.3 is 0 Å². The van der Waals surface area contributed by atoms with Gasteiger partial charge in [0.05, 0.1) is 23.4 Å². The zero-order valence-corrected chi connectivity index (χ0v) is 19.6. The lowest BCUT2D eigenvalue weighted by Crippen LogP contribution is -2.45. The molecule has 0 unspecified atom stereocenters. The van der Waals surface area contributed by atoms with Crippen molar-refractivity contribution in [2.45, 2.75) is 48.4 Å². The lowest BCUT2D eigenvalue weighted by molar-refractivity contribution is 0.140. The molecule has 0 bridgehead atoms. The maximum Gasteiger partial charge on any atom is 0.283 e. The largest absolute Gasteiger partial charge is 0.390 e. The Hall–Kier alpha value is -2.54. The summed E-state index contributed by atoms with van der Waals surface area (Å²) in [5.41, 5.74) is 12.9. The summed E-state index contributed by atoms with van der Waals surface area (Å²) in [4.78, 5) is 14.8. The number of halogens is 3. The van der Waals surface area contributed by atoms with Crippen molar-refractivity contribution in [1.82, 2.24) is 24.7 Å². The third kappa shape index (κ3) is 3.88. The average Bonchev–Trinajstić information content (AvgIpc) is 3.38. The first kappa shape index (κ1) is 23.2. The average molecular weight is 509 g/mol. The standard InChI is InChI=1S/C21H23ClF2N8OS/c22-14-13(2-5-27-18(14)26)34-20-15(17(23)24)30-19(11(9-33)29-20)31-7-3-21(4-8-31)10-32-12(16(21)25)1-6-28-32/h1-2,5-6,16-17,33H,3-4,7-10,25H2,(H2,26,27)/t16-/m0/s1. The zero-order chi connectivity index (χ0) is 24.0. The molecular weight excluding hydrogens is 486 g/mol. The quantitative estimate of drug-likeness (QED) is 0.475. The number of nitrogens with two attached hydrogens (primary N) is 2. The van der Waals surface area contributed by atoms with Gasteiger partial charge in [-0.05, 0) is 25.0 Å². The van der Waals surface area contributed by atoms with E-state index in [-0.39, 0.29) is 38.8 Å². The minimum absolute atomic E-state index is 0.0352. The summed E-state index contributed by atoms with van der Waals surface area (Å²) < 4.78 is 30.0. The van der Waals surface area contributed by atoms with Crippen molar-refractivity contribution in [2.24, 2.45) is 11.1 Å². The molecule has 3 aromatic heterocycles. The van der Waals surface area contributed by atoms with Crippen LogP contribution in [-0.2, 0) is 13.2 Å². The van der Waals surface area contributed by atoms with Crippen LogP contribution in [0.15, 0.2) is 34.4 Å². The van der Waals surface area contributed by atoms with E-state index in [1.54, 1.807) is 12.3 Å². The van der Waals surface area contributed by atoms with Gasteiger partial charge in [0, 0.05) is 42.3 Å². The molecule has 1 atom stereocenters. The minimum atomic E-state index is -2.86. The number of nitrogens with zero attached hydrogens (tertiary/aromatic N) is 6. The second-order valence-corrected chi connectivity index (χ2v) is 9.90. The molecule has 0 saturated carbocycles. The summed E-state index contributed by atoms with van der Waals surface area (Å²) in [6.45, 7) is 1.41. The number of rotatable bonds is 5. The molecule has 0 aliphatic carbocycles. The number of aliphatic hydroxyl groups is 1. The van der Waals surface area contributed by atoms with Gasteiger partial charge < -0.3 is 21.5 Å². The molecule has 1 spiro atoms. The Morgan fingerprint density at radius 1 is 1.24 bits per heavy atom. The van der Waals surface area contributed by atoms with Crippen LogP contribution in [0.25, 0.3) is 0 Å². The maximum atomic E-state index is 14.0. The maximum absolute atomic E-state index is 14.0. The van der Waals surface area contributed by atoms with Gasteiger partial charge in [-0.2, -0.15) is 5.10 Å². The molecule has 9 nitrogen and oxygen atoms in total. The summed E-state index contributed by atoms with van der Waals surface area (Å²) >= 11 is 7.10. The van der Waals surface area contributed by atoms with Gasteiger partial charge in [-0.15, -0.1) is 0 Å². The van der Waals surface area contributed by atoms with Crippen molar-refractivity contribution in [3.63, 3.8) is 0 Å². The summed E-state index contributed by atoms with van der Waals surface area (Å²) in [6.07, 6.45) is 1.81. The van der Waals surface area contributed by atoms with E-state index in [1.807, 2.05) is 15.6 Å². The lowest BCUT2D eigenvalue weighted by Gasteiger charge is -2.42. The number of nitrogen functional groups attached to an aromatic ring is 1. The molecule has 3 aromatic rings. The van der Waals surface area contributed by atoms with Crippen LogP contribution in [0, 0.1) is 5.41 Å². The molecule has 5 heterocycles. The molecule has 2 aliphatic heterocycles. The van der Waals surface area contributed by atoms with Crippen molar-refractivity contribution >= 4 is 35.0 Å². The van der Waals surface area contributed by atoms with Crippen molar-refractivity contribution in [1.29, 1.82) is 0 Å². The van der Waals surface area contributed by atoms with Crippen molar-refractivity contribution in [2.75, 3.05) is 23.7 Å². The number of piperidine rings is 1. The summed E-state index contributed by atoms with van der Waals surface area (Å²) in [7, 11) is 0. The van der Waals surface area contributed by atoms with E-state index in [9.17, 15) is 13.9 Å². The number of aliphatic hydroxyl groups excluding tert-OH is 1. The monoisotopic (exact) mass is 508 g/mol. The minimum Gasteiger partial charge on any atom is -0.390 e. The van der Waals surface area contributed by atoms with Crippen LogP contribution in [0.2, 0.25) is 5.02 Å². The van der Waals surface area contributed by atoms with Crippen LogP contribution in [0.4, 0.5) is 20.4 Å². The Morgan fingerprint density at radius 3 is 2.68 bits per heavy atom. The number of aromatic nitrogens is 5. The molecule has 5 rings (SSSR count). The summed E-state index contributed by atoms with van der Waals surface area (Å²) in [6, 6.07) is 3.37. The number of hydrogen-bond acceptors (Lipinski definition) is 9. The van der Waals surface area contributed by atoms with E-state index in [2.05, 4.69) is 20.1 Å². The van der Waals surface area contributed by atoms with Crippen LogP contribution in [0.3, 0.4) is 0 Å². The van der Waals surface area contributed by atoms with Gasteiger partial charge in [0.2, 0.25) is 0 Å². The van der Waals surface area contributed by atoms with E-state index in [1.165, 1.54) is 6.20 Å². The van der Waals surface area contributed by atoms with Crippen LogP contribution in [-0.4, -0.2) is 42.9 Å². The molecule has 2 aliphatic rings. The van der Waals surface area contributed by atoms with Crippen LogP contribution >= 0.6 is 23.4 Å². The van der Waals surface area contributed by atoms with E-state index >= 15 is 0 Å². The number of fused-ring (bicyclic) bond motifs is 1. The number of hydrogen-bond donors (Lipinski definition) is 3. The van der Waals surface area contributed by atoms with Gasteiger partial charge in [0.1, 0.15) is 22.2 Å². The smallest absolute Gasteiger partial charge is 0.283 e. The van der Waals surface area contributed by atoms with Crippen LogP contribution in [0.5, 0.6) is 0 Å². The van der Waals surface area contributed by atoms with Gasteiger partial charge in [-0.3, -0.25) is 4.68 Å². The SMILES string of the molecule is Nc1nccc(Sc2nc(CO)c(N3CCC4(CC3)Cn3nccc3[C@@H]4N)nc2C(F)F)c1Cl. The van der Waals surface area contributed by atoms with Gasteiger partial charge in [0.25, 0.3) is 6.43 Å². The highest BCUT2D eigenvalue weighted by Crippen LogP contribution is 2.48. The second-order valence-electron chi connectivity index (χ2n) is 8.49. The molecule has 0 radical (unpaired) electrons. The van der Waals surface area contributed by atoms with Gasteiger partial charge in [0.15, 0.2) is 5.82 Å². The van der Waals surface area contributed by atoms with Crippen LogP contribution < -0.4 is 16.4 Å². The first-order valence-electron chi connectivity index (χ1n) is 10.7. The Bertz CT molecular complexity index is 1220. The van der Waals surface area contributed by atoms with E-state index in [4.69, 9.17) is 23.1 Å². The third-order valence-corrected chi connectivity index (χ3v) is 8.20. The van der Waals surface area contributed by atoms with E-state index in [0.717, 1.165) is 36.8 Å². The van der Waals surface area contributed by atoms with Gasteiger partial charge in [-0.25, -0.2) is 23.7 Å². The summed E-state index contributed by atoms with van der Waals surface area (Å²) in [5, 5.41) is 14.5. The fourth-order valence-corrected chi connectivity index (χ4v) is 5.89. The third-order valence-electron chi connectivity index (χ3n) is 6.64. The lowest BCUT2D eigenvalue weighted by atomic mass is 9.73. The molecule has 1 saturated heterocycles. The fourth-order valence-electron chi connectivity index (χ4n) is 4.74. The highest BCUT2D eigenvalue weighted by Gasteiger charge is 2.47. The van der Waals surface area contributed by atoms with Crippen LogP contribution in [0.1, 0.15) is 42.4 Å². The normalized spacial score (nSPS) is 19.2. The van der Waals surface area contributed by atoms with Gasteiger partial charge in [-0.1, -0.05) is 23.4 Å². The number of pyridine rings is 1. The van der Waals surface area contributed by atoms with Crippen molar-refractivity contribution in [3.8, 4) is 0 Å². The zero-order valence-electron chi connectivity index (χ0n) is 18.0. The molecule has 180 valence electrons. The molecule has 13 heteroatoms. The Morgan fingerprint density at radius 2 is 2.00 bits per heavy atom. The van der Waals surface area contributed by atoms with Crippen molar-refractivity contribution in [3.05, 3.63) is 46.6 Å². The number of alkyl halides is 2. The van der Waals surface area contributed by atoms with Crippen molar-refractivity contribution < 1.29 is 13.9 Å². The number of anilines is 2. The second kappa shape index (κ2) is 8.91. The highest BCUT2D eigenvalue weighted by atomic mass is 35.5. The highest BCUT2D eigenvalue weighted by molar-refractivity contribution is 7.99. The first-order chi connectivity index (χ1) is 16.3.